The van der Waals surface area contributed by atoms with Crippen molar-refractivity contribution < 1.29 is 4.74 Å². The first-order valence-corrected chi connectivity index (χ1v) is 6.29. The summed E-state index contributed by atoms with van der Waals surface area (Å²) >= 11 is 16.5. The van der Waals surface area contributed by atoms with Crippen LogP contribution in [0.5, 0.6) is 0 Å². The van der Waals surface area contributed by atoms with Crippen molar-refractivity contribution in [2.75, 3.05) is 6.61 Å². The second kappa shape index (κ2) is 5.94. The maximum atomic E-state index is 7.36. The number of alkyl halides is 3. The molecule has 0 aromatic heterocycles. The molecule has 1 aromatic carbocycles. The molecule has 0 aliphatic rings. The van der Waals surface area contributed by atoms with Crippen LogP contribution < -0.4 is 0 Å². The van der Waals surface area contributed by atoms with Crippen LogP contribution in [0.1, 0.15) is 16.7 Å². The lowest BCUT2D eigenvalue weighted by Crippen LogP contribution is -2.22. The molecule has 0 heterocycles. The van der Waals surface area contributed by atoms with Crippen molar-refractivity contribution in [3.05, 3.63) is 34.9 Å². The fourth-order valence-electron chi connectivity index (χ4n) is 1.31. The van der Waals surface area contributed by atoms with Crippen LogP contribution in [0.25, 0.3) is 0 Å². The van der Waals surface area contributed by atoms with Gasteiger partial charge in [0.05, 0.1) is 6.61 Å². The monoisotopic (exact) mass is 293 g/mol. The number of hydrogen-bond acceptors (Lipinski definition) is 2. The highest BCUT2D eigenvalue weighted by molar-refractivity contribution is 6.76. The highest BCUT2D eigenvalue weighted by Gasteiger charge is 2.28. The molecular formula is C12H14Cl3NO. The minimum absolute atomic E-state index is 0.329. The molecule has 5 heteroatoms. The molecule has 0 saturated heterocycles. The Bertz CT molecular complexity index is 413. The Morgan fingerprint density at radius 2 is 1.88 bits per heavy atom. The molecule has 0 unspecified atom stereocenters. The molecule has 17 heavy (non-hydrogen) atoms. The Morgan fingerprint density at radius 3 is 2.41 bits per heavy atom. The van der Waals surface area contributed by atoms with Gasteiger partial charge in [0, 0.05) is 6.42 Å². The Balaban J connectivity index is 2.46. The van der Waals surface area contributed by atoms with Crippen molar-refractivity contribution in [2.45, 2.75) is 24.1 Å². The van der Waals surface area contributed by atoms with Crippen LogP contribution in [0.3, 0.4) is 0 Å². The van der Waals surface area contributed by atoms with Crippen LogP contribution >= 0.6 is 34.8 Å². The Labute approximate surface area is 116 Å². The van der Waals surface area contributed by atoms with E-state index in [0.29, 0.717) is 13.0 Å². The highest BCUT2D eigenvalue weighted by atomic mass is 35.6. The average molecular weight is 295 g/mol. The van der Waals surface area contributed by atoms with E-state index < -0.39 is 3.79 Å². The van der Waals surface area contributed by atoms with E-state index >= 15 is 0 Å². The van der Waals surface area contributed by atoms with E-state index in [-0.39, 0.29) is 5.90 Å². The predicted molar refractivity (Wildman–Crippen MR) is 73.6 cm³/mol. The third-order valence-corrected chi connectivity index (χ3v) is 2.98. The van der Waals surface area contributed by atoms with Gasteiger partial charge in [0.15, 0.2) is 0 Å². The standard InChI is InChI=1S/C12H14Cl3NO/c1-8-3-4-10(7-9(8)2)5-6-17-11(16)12(13,14)15/h3-4,7,16H,5-6H2,1-2H3. The van der Waals surface area contributed by atoms with Gasteiger partial charge in [0.1, 0.15) is 0 Å². The molecule has 0 radical (unpaired) electrons. The molecule has 0 bridgehead atoms. The molecule has 1 aromatic rings. The first-order valence-electron chi connectivity index (χ1n) is 5.15. The van der Waals surface area contributed by atoms with E-state index in [1.54, 1.807) is 0 Å². The molecule has 0 spiro atoms. The maximum Gasteiger partial charge on any atom is 0.265 e. The lowest BCUT2D eigenvalue weighted by atomic mass is 10.0. The first kappa shape index (κ1) is 14.6. The summed E-state index contributed by atoms with van der Waals surface area (Å²) in [6.45, 7) is 4.45. The van der Waals surface area contributed by atoms with Gasteiger partial charge in [-0.05, 0) is 30.5 Å². The van der Waals surface area contributed by atoms with Crippen LogP contribution in [-0.4, -0.2) is 16.3 Å². The van der Waals surface area contributed by atoms with Gasteiger partial charge < -0.3 is 4.74 Å². The Hall–Kier alpha value is -0.440. The SMILES string of the molecule is Cc1ccc(CCOC(=N)C(Cl)(Cl)Cl)cc1C. The van der Waals surface area contributed by atoms with Gasteiger partial charge >= 0.3 is 0 Å². The van der Waals surface area contributed by atoms with E-state index in [9.17, 15) is 0 Å². The van der Waals surface area contributed by atoms with E-state index in [2.05, 4.69) is 26.0 Å². The summed E-state index contributed by atoms with van der Waals surface area (Å²) in [5, 5.41) is 7.36. The lowest BCUT2D eigenvalue weighted by Gasteiger charge is -2.13. The van der Waals surface area contributed by atoms with Crippen LogP contribution in [-0.2, 0) is 11.2 Å². The van der Waals surface area contributed by atoms with Crippen molar-refractivity contribution in [3.8, 4) is 0 Å². The van der Waals surface area contributed by atoms with Crippen LogP contribution in [0.15, 0.2) is 18.2 Å². The molecule has 2 nitrogen and oxygen atoms in total. The van der Waals surface area contributed by atoms with Gasteiger partial charge in [-0.25, -0.2) is 0 Å². The zero-order valence-corrected chi connectivity index (χ0v) is 12.0. The van der Waals surface area contributed by atoms with E-state index in [4.69, 9.17) is 44.9 Å². The topological polar surface area (TPSA) is 33.1 Å². The third kappa shape index (κ3) is 4.74. The number of aryl methyl sites for hydroxylation is 2. The van der Waals surface area contributed by atoms with Crippen LogP contribution in [0.4, 0.5) is 0 Å². The molecular weight excluding hydrogens is 280 g/mol. The molecule has 0 fully saturated rings. The van der Waals surface area contributed by atoms with Crippen molar-refractivity contribution in [1.82, 2.24) is 0 Å². The van der Waals surface area contributed by atoms with E-state index in [1.165, 1.54) is 11.1 Å². The van der Waals surface area contributed by atoms with Crippen molar-refractivity contribution in [3.63, 3.8) is 0 Å². The minimum atomic E-state index is -1.77. The molecule has 1 N–H and O–H groups in total. The molecule has 0 amide bonds. The number of hydrogen-bond donors (Lipinski definition) is 1. The summed E-state index contributed by atoms with van der Waals surface area (Å²) in [6.07, 6.45) is 0.685. The first-order chi connectivity index (χ1) is 7.80. The largest absolute Gasteiger partial charge is 0.478 e. The number of benzene rings is 1. The lowest BCUT2D eigenvalue weighted by molar-refractivity contribution is 0.300. The number of rotatable bonds is 3. The highest BCUT2D eigenvalue weighted by Crippen LogP contribution is 2.27. The Morgan fingerprint density at radius 1 is 1.24 bits per heavy atom. The van der Waals surface area contributed by atoms with Crippen molar-refractivity contribution >= 4 is 40.7 Å². The van der Waals surface area contributed by atoms with Crippen LogP contribution in [0, 0.1) is 19.3 Å². The second-order valence-corrected chi connectivity index (χ2v) is 6.13. The smallest absolute Gasteiger partial charge is 0.265 e. The molecule has 0 aliphatic heterocycles. The van der Waals surface area contributed by atoms with Gasteiger partial charge in [-0.3, -0.25) is 5.41 Å². The molecule has 0 aliphatic carbocycles. The number of nitrogens with one attached hydrogen (secondary N) is 1. The van der Waals surface area contributed by atoms with Gasteiger partial charge in [0.25, 0.3) is 3.79 Å². The normalized spacial score (nSPS) is 11.4. The summed E-state index contributed by atoms with van der Waals surface area (Å²) in [7, 11) is 0. The summed E-state index contributed by atoms with van der Waals surface area (Å²) in [6, 6.07) is 6.19. The summed E-state index contributed by atoms with van der Waals surface area (Å²) < 4.78 is 3.29. The fourth-order valence-corrected chi connectivity index (χ4v) is 1.48. The van der Waals surface area contributed by atoms with Crippen LogP contribution in [0.2, 0.25) is 0 Å². The van der Waals surface area contributed by atoms with Gasteiger partial charge in [-0.2, -0.15) is 0 Å². The fraction of sp³-hybridized carbons (Fsp3) is 0.417. The van der Waals surface area contributed by atoms with Gasteiger partial charge in [0.2, 0.25) is 5.90 Å². The summed E-state index contributed by atoms with van der Waals surface area (Å²) in [5.41, 5.74) is 3.63. The number of halogens is 3. The summed E-state index contributed by atoms with van der Waals surface area (Å²) in [4.78, 5) is 0. The zero-order chi connectivity index (χ0) is 13.1. The molecule has 94 valence electrons. The van der Waals surface area contributed by atoms with Gasteiger partial charge in [-0.15, -0.1) is 0 Å². The minimum Gasteiger partial charge on any atom is -0.478 e. The van der Waals surface area contributed by atoms with Crippen molar-refractivity contribution in [1.29, 1.82) is 5.41 Å². The third-order valence-electron chi connectivity index (χ3n) is 2.47. The van der Waals surface area contributed by atoms with Crippen molar-refractivity contribution in [2.24, 2.45) is 0 Å². The van der Waals surface area contributed by atoms with E-state index in [1.807, 2.05) is 6.07 Å². The predicted octanol–water partition coefficient (Wildman–Crippen LogP) is 4.21. The Kier molecular flexibility index (Phi) is 5.11. The molecule has 0 saturated carbocycles. The van der Waals surface area contributed by atoms with E-state index in [0.717, 1.165) is 5.56 Å². The van der Waals surface area contributed by atoms with Gasteiger partial charge in [-0.1, -0.05) is 53.0 Å². The zero-order valence-electron chi connectivity index (χ0n) is 9.69. The maximum absolute atomic E-state index is 7.36. The second-order valence-electron chi connectivity index (χ2n) is 3.84. The number of ether oxygens (including phenoxy) is 1. The molecule has 0 atom stereocenters. The quantitative estimate of drug-likeness (QED) is 0.505. The average Bonchev–Trinajstić information content (AvgIpc) is 2.22. The summed E-state index contributed by atoms with van der Waals surface area (Å²) in [5.74, 6) is -0.341. The molecule has 1 rings (SSSR count).